The van der Waals surface area contributed by atoms with Crippen molar-refractivity contribution in [2.75, 3.05) is 59.3 Å². The van der Waals surface area contributed by atoms with E-state index in [2.05, 4.69) is 41.5 Å². The van der Waals surface area contributed by atoms with Crippen molar-refractivity contribution in [2.45, 2.75) is 138 Å². The lowest BCUT2D eigenvalue weighted by Crippen LogP contribution is -3.12. The maximum absolute atomic E-state index is 6.10. The van der Waals surface area contributed by atoms with Crippen molar-refractivity contribution < 1.29 is 19.1 Å². The second-order valence-electron chi connectivity index (χ2n) is 11.5. The predicted octanol–water partition coefficient (Wildman–Crippen LogP) is 7.74. The molecule has 0 aromatic carbocycles. The van der Waals surface area contributed by atoms with Gasteiger partial charge in [-0.25, -0.2) is 0 Å². The molecule has 0 spiro atoms. The van der Waals surface area contributed by atoms with Crippen LogP contribution in [0.1, 0.15) is 138 Å². The molecule has 0 aromatic rings. The van der Waals surface area contributed by atoms with Crippen molar-refractivity contribution >= 4 is 0 Å². The first kappa shape index (κ1) is 36.8. The van der Waals surface area contributed by atoms with E-state index in [1.807, 2.05) is 0 Å². The van der Waals surface area contributed by atoms with E-state index in [1.54, 1.807) is 4.90 Å². The smallest absolute Gasteiger partial charge is 0.0793 e. The second kappa shape index (κ2) is 28.8. The highest BCUT2D eigenvalue weighted by atomic mass is 16.5. The average molecular weight is 529 g/mol. The molecule has 224 valence electrons. The Morgan fingerprint density at radius 3 is 0.973 bits per heavy atom. The van der Waals surface area contributed by atoms with Gasteiger partial charge in [0, 0.05) is 39.1 Å². The molecule has 3 atom stereocenters. The third kappa shape index (κ3) is 23.4. The van der Waals surface area contributed by atoms with E-state index in [4.69, 9.17) is 14.2 Å². The molecule has 0 bridgehead atoms. The van der Waals surface area contributed by atoms with Gasteiger partial charge in [0.25, 0.3) is 0 Å². The molecule has 0 fully saturated rings. The van der Waals surface area contributed by atoms with Crippen molar-refractivity contribution in [2.24, 2.45) is 17.8 Å². The first-order valence-corrected chi connectivity index (χ1v) is 16.7. The number of nitrogens with one attached hydrogen (secondary N) is 1. The van der Waals surface area contributed by atoms with Gasteiger partial charge in [0.1, 0.15) is 0 Å². The van der Waals surface area contributed by atoms with Gasteiger partial charge in [0.2, 0.25) is 0 Å². The molecular formula is C33H70NO3+. The molecule has 0 saturated heterocycles. The first-order chi connectivity index (χ1) is 18.1. The van der Waals surface area contributed by atoms with Gasteiger partial charge in [0.05, 0.1) is 39.5 Å². The van der Waals surface area contributed by atoms with Crippen molar-refractivity contribution in [3.05, 3.63) is 0 Å². The number of ether oxygens (including phenoxy) is 3. The van der Waals surface area contributed by atoms with Gasteiger partial charge in [-0.15, -0.1) is 0 Å². The monoisotopic (exact) mass is 529 g/mol. The molecule has 3 unspecified atom stereocenters. The van der Waals surface area contributed by atoms with Crippen LogP contribution in [0.3, 0.4) is 0 Å². The van der Waals surface area contributed by atoms with Crippen molar-refractivity contribution in [1.82, 2.24) is 0 Å². The molecule has 0 saturated carbocycles. The zero-order chi connectivity index (χ0) is 27.4. The maximum atomic E-state index is 6.10. The summed E-state index contributed by atoms with van der Waals surface area (Å²) < 4.78 is 18.3. The lowest BCUT2D eigenvalue weighted by atomic mass is 10.0. The van der Waals surface area contributed by atoms with E-state index >= 15 is 0 Å². The van der Waals surface area contributed by atoms with Crippen LogP contribution in [-0.2, 0) is 14.2 Å². The van der Waals surface area contributed by atoms with E-state index < -0.39 is 0 Å². The summed E-state index contributed by atoms with van der Waals surface area (Å²) in [6, 6.07) is 0. The Hall–Kier alpha value is -0.160. The summed E-state index contributed by atoms with van der Waals surface area (Å²) >= 11 is 0. The van der Waals surface area contributed by atoms with Crippen LogP contribution >= 0.6 is 0 Å². The SMILES string of the molecule is CCCCC(CC)COCCC[NH+](CCCOCC(CC)CCCC)CCCOCC(CC)CCCC. The number of rotatable bonds is 30. The Bertz CT molecular complexity index is 372. The molecule has 0 heterocycles. The molecule has 0 aliphatic rings. The Morgan fingerprint density at radius 1 is 0.432 bits per heavy atom. The van der Waals surface area contributed by atoms with Crippen LogP contribution in [0, 0.1) is 17.8 Å². The van der Waals surface area contributed by atoms with E-state index in [1.165, 1.54) is 96.7 Å². The number of hydrogen-bond donors (Lipinski definition) is 1. The molecule has 0 amide bonds. The van der Waals surface area contributed by atoms with Crippen LogP contribution in [0.15, 0.2) is 0 Å². The van der Waals surface area contributed by atoms with Gasteiger partial charge < -0.3 is 19.1 Å². The third-order valence-electron chi connectivity index (χ3n) is 8.15. The van der Waals surface area contributed by atoms with Gasteiger partial charge in [-0.05, 0) is 37.0 Å². The zero-order valence-electron chi connectivity index (χ0n) is 26.4. The second-order valence-corrected chi connectivity index (χ2v) is 11.5. The Kier molecular flexibility index (Phi) is 28.7. The van der Waals surface area contributed by atoms with Gasteiger partial charge in [-0.2, -0.15) is 0 Å². The Labute approximate surface area is 234 Å². The van der Waals surface area contributed by atoms with Crippen LogP contribution in [0.25, 0.3) is 0 Å². The molecule has 0 aromatic heterocycles. The number of unbranched alkanes of at least 4 members (excludes halogenated alkanes) is 3. The summed E-state index contributed by atoms with van der Waals surface area (Å²) in [6.07, 6.45) is 19.0. The Balaban J connectivity index is 4.31. The first-order valence-electron chi connectivity index (χ1n) is 16.7. The lowest BCUT2D eigenvalue weighted by Gasteiger charge is -2.21. The van der Waals surface area contributed by atoms with Crippen LogP contribution in [0.5, 0.6) is 0 Å². The standard InChI is InChI=1S/C33H69NO3/c1-7-13-19-31(10-4)28-35-25-16-22-34(23-17-26-36-29-32(11-5)20-14-8-2)24-18-27-37-30-33(12-6)21-15-9-3/h31-33H,7-30H2,1-6H3/p+1. The van der Waals surface area contributed by atoms with E-state index in [0.717, 1.165) is 76.7 Å². The van der Waals surface area contributed by atoms with Crippen molar-refractivity contribution in [3.63, 3.8) is 0 Å². The number of quaternary nitrogens is 1. The molecular weight excluding hydrogens is 458 g/mol. The van der Waals surface area contributed by atoms with Crippen LogP contribution in [-0.4, -0.2) is 59.3 Å². The van der Waals surface area contributed by atoms with Crippen LogP contribution in [0.2, 0.25) is 0 Å². The molecule has 0 rings (SSSR count). The third-order valence-corrected chi connectivity index (χ3v) is 8.15. The van der Waals surface area contributed by atoms with Crippen molar-refractivity contribution in [3.8, 4) is 0 Å². The minimum Gasteiger partial charge on any atom is -0.381 e. The van der Waals surface area contributed by atoms with Gasteiger partial charge in [-0.3, -0.25) is 0 Å². The summed E-state index contributed by atoms with van der Waals surface area (Å²) in [6.45, 7) is 22.9. The van der Waals surface area contributed by atoms with Crippen molar-refractivity contribution in [1.29, 1.82) is 0 Å². The van der Waals surface area contributed by atoms with Gasteiger partial charge >= 0.3 is 0 Å². The summed E-state index contributed by atoms with van der Waals surface area (Å²) in [5.74, 6) is 2.23. The largest absolute Gasteiger partial charge is 0.381 e. The minimum absolute atomic E-state index is 0.742. The molecule has 0 aliphatic heterocycles. The highest BCUT2D eigenvalue weighted by Crippen LogP contribution is 2.14. The maximum Gasteiger partial charge on any atom is 0.0793 e. The molecule has 0 aliphatic carbocycles. The predicted molar refractivity (Wildman–Crippen MR) is 162 cm³/mol. The Morgan fingerprint density at radius 2 is 0.730 bits per heavy atom. The lowest BCUT2D eigenvalue weighted by molar-refractivity contribution is -0.901. The van der Waals surface area contributed by atoms with E-state index in [0.29, 0.717) is 0 Å². The highest BCUT2D eigenvalue weighted by Gasteiger charge is 2.12. The van der Waals surface area contributed by atoms with Crippen LogP contribution in [0.4, 0.5) is 0 Å². The van der Waals surface area contributed by atoms with E-state index in [-0.39, 0.29) is 0 Å². The molecule has 4 nitrogen and oxygen atoms in total. The van der Waals surface area contributed by atoms with Crippen LogP contribution < -0.4 is 4.90 Å². The molecule has 37 heavy (non-hydrogen) atoms. The fourth-order valence-electron chi connectivity index (χ4n) is 5.09. The quantitative estimate of drug-likeness (QED) is 0.0968. The fraction of sp³-hybridized carbons (Fsp3) is 1.00. The summed E-state index contributed by atoms with van der Waals surface area (Å²) in [7, 11) is 0. The number of hydrogen-bond acceptors (Lipinski definition) is 3. The van der Waals surface area contributed by atoms with E-state index in [9.17, 15) is 0 Å². The minimum atomic E-state index is 0.742. The molecule has 0 radical (unpaired) electrons. The normalized spacial score (nSPS) is 15.1. The summed E-state index contributed by atoms with van der Waals surface area (Å²) in [5, 5.41) is 0. The van der Waals surface area contributed by atoms with Gasteiger partial charge in [-0.1, -0.05) is 99.3 Å². The molecule has 1 N–H and O–H groups in total. The summed E-state index contributed by atoms with van der Waals surface area (Å²) in [4.78, 5) is 1.70. The van der Waals surface area contributed by atoms with Gasteiger partial charge in [0.15, 0.2) is 0 Å². The fourth-order valence-corrected chi connectivity index (χ4v) is 5.09. The zero-order valence-corrected chi connectivity index (χ0v) is 26.4. The average Bonchev–Trinajstić information content (AvgIpc) is 2.92. The highest BCUT2D eigenvalue weighted by molar-refractivity contribution is 4.58. The molecule has 4 heteroatoms. The summed E-state index contributed by atoms with van der Waals surface area (Å²) in [5.41, 5.74) is 0. The topological polar surface area (TPSA) is 32.1 Å².